The fourth-order valence-corrected chi connectivity index (χ4v) is 10.2. The summed E-state index contributed by atoms with van der Waals surface area (Å²) in [5.41, 5.74) is 1.68. The minimum Gasteiger partial charge on any atom is -0.472 e. The molecule has 236 valence electrons. The summed E-state index contributed by atoms with van der Waals surface area (Å²) in [5.74, 6) is -1.21. The van der Waals surface area contributed by atoms with Gasteiger partial charge in [-0.1, -0.05) is 40.2 Å². The maximum atomic E-state index is 13.3. The van der Waals surface area contributed by atoms with Crippen molar-refractivity contribution in [3.63, 3.8) is 0 Å². The zero-order chi connectivity index (χ0) is 31.1. The van der Waals surface area contributed by atoms with Gasteiger partial charge < -0.3 is 28.1 Å². The van der Waals surface area contributed by atoms with E-state index in [0.29, 0.717) is 13.0 Å². The molecule has 0 radical (unpaired) electrons. The number of esters is 3. The summed E-state index contributed by atoms with van der Waals surface area (Å²) in [4.78, 5) is 39.0. The summed E-state index contributed by atoms with van der Waals surface area (Å²) >= 11 is 0. The number of carbonyl (C=O) groups excluding carboxylic acids is 3. The average Bonchev–Trinajstić information content (AvgIpc) is 3.69. The van der Waals surface area contributed by atoms with Crippen LogP contribution in [0, 0.1) is 34.0 Å². The van der Waals surface area contributed by atoms with Crippen molar-refractivity contribution in [2.45, 2.75) is 111 Å². The van der Waals surface area contributed by atoms with Gasteiger partial charge in [0.1, 0.15) is 12.2 Å². The number of methoxy groups -OCH3 is 1. The zero-order valence-electron chi connectivity index (χ0n) is 26.6. The highest BCUT2D eigenvalue weighted by atomic mass is 16.6. The van der Waals surface area contributed by atoms with E-state index in [9.17, 15) is 14.4 Å². The molecule has 0 amide bonds. The fourth-order valence-electron chi connectivity index (χ4n) is 10.2. The first-order valence-electron chi connectivity index (χ1n) is 15.7. The van der Waals surface area contributed by atoms with Crippen molar-refractivity contribution >= 4 is 17.9 Å². The number of fused-ring (bicyclic) bond motifs is 4. The van der Waals surface area contributed by atoms with E-state index in [1.165, 1.54) is 25.2 Å². The SMILES string of the molecule is COC(=O)CC1C2(C)C3=C(C)C(c4ccoc4)CC3OC2C2OCC3(C)C(OC(C)=O)CC(OC(=O)CC(C)C)C1(C)C23. The fraction of sp³-hybridized carbons (Fsp3) is 0.735. The first-order valence-corrected chi connectivity index (χ1v) is 15.7. The molecule has 0 bridgehead atoms. The standard InChI is InChI=1S/C34H46O9/c1-17(2)11-27(37)43-25-14-24(41-19(4)35)32(5)16-40-29-30(32)33(25,6)23(13-26(36)38-8)34(7)28-18(3)21(20-9-10-39-15-20)12-22(28)42-31(29)34/h9-10,15,17,21-25,29-31H,11-14,16H2,1-8H3. The van der Waals surface area contributed by atoms with Crippen molar-refractivity contribution < 1.29 is 42.5 Å². The van der Waals surface area contributed by atoms with E-state index in [1.54, 1.807) is 12.5 Å². The summed E-state index contributed by atoms with van der Waals surface area (Å²) in [6, 6.07) is 2.01. The minimum absolute atomic E-state index is 0.121. The second-order valence-electron chi connectivity index (χ2n) is 14.6. The number of ether oxygens (including phenoxy) is 5. The van der Waals surface area contributed by atoms with Gasteiger partial charge in [0.2, 0.25) is 0 Å². The van der Waals surface area contributed by atoms with Crippen LogP contribution in [0.25, 0.3) is 0 Å². The van der Waals surface area contributed by atoms with Crippen LogP contribution in [0.3, 0.4) is 0 Å². The normalized spacial score (nSPS) is 42.8. The Morgan fingerprint density at radius 1 is 1.07 bits per heavy atom. The third kappa shape index (κ3) is 4.35. The van der Waals surface area contributed by atoms with E-state index in [0.717, 1.165) is 12.0 Å². The summed E-state index contributed by atoms with van der Waals surface area (Å²) < 4.78 is 36.9. The molecular weight excluding hydrogens is 552 g/mol. The molecule has 3 aliphatic carbocycles. The van der Waals surface area contributed by atoms with Crippen molar-refractivity contribution in [3.05, 3.63) is 35.3 Å². The summed E-state index contributed by atoms with van der Waals surface area (Å²) in [6.45, 7) is 14.4. The number of carbonyl (C=O) groups is 3. The summed E-state index contributed by atoms with van der Waals surface area (Å²) in [7, 11) is 1.42. The Kier molecular flexibility index (Phi) is 7.40. The predicted molar refractivity (Wildman–Crippen MR) is 155 cm³/mol. The molecule has 3 heterocycles. The lowest BCUT2D eigenvalue weighted by Gasteiger charge is -2.65. The van der Waals surface area contributed by atoms with E-state index >= 15 is 0 Å². The third-order valence-electron chi connectivity index (χ3n) is 11.8. The van der Waals surface area contributed by atoms with E-state index in [2.05, 4.69) is 27.7 Å². The van der Waals surface area contributed by atoms with Gasteiger partial charge in [-0.05, 0) is 42.4 Å². The Labute approximate surface area is 254 Å². The van der Waals surface area contributed by atoms with Gasteiger partial charge in [0.25, 0.3) is 0 Å². The topological polar surface area (TPSA) is 111 Å². The van der Waals surface area contributed by atoms with E-state index in [4.69, 9.17) is 28.1 Å². The highest BCUT2D eigenvalue weighted by molar-refractivity contribution is 5.71. The van der Waals surface area contributed by atoms with Gasteiger partial charge in [-0.2, -0.15) is 0 Å². The Balaban J connectivity index is 1.53. The predicted octanol–water partition coefficient (Wildman–Crippen LogP) is 5.37. The second kappa shape index (κ2) is 10.5. The highest BCUT2D eigenvalue weighted by Crippen LogP contribution is 2.74. The molecule has 2 saturated carbocycles. The van der Waals surface area contributed by atoms with Gasteiger partial charge in [0, 0.05) is 54.3 Å². The van der Waals surface area contributed by atoms with Crippen LogP contribution >= 0.6 is 0 Å². The van der Waals surface area contributed by atoms with Crippen LogP contribution in [-0.4, -0.2) is 62.1 Å². The lowest BCUT2D eigenvalue weighted by molar-refractivity contribution is -0.252. The molecule has 9 heteroatoms. The average molecular weight is 599 g/mol. The van der Waals surface area contributed by atoms with Crippen molar-refractivity contribution in [3.8, 4) is 0 Å². The quantitative estimate of drug-likeness (QED) is 0.232. The molecule has 1 aromatic heterocycles. The summed E-state index contributed by atoms with van der Waals surface area (Å²) in [6.07, 6.45) is 3.10. The van der Waals surface area contributed by atoms with Crippen LogP contribution < -0.4 is 0 Å². The largest absolute Gasteiger partial charge is 0.472 e. The number of hydrogen-bond acceptors (Lipinski definition) is 9. The van der Waals surface area contributed by atoms with Crippen LogP contribution in [0.5, 0.6) is 0 Å². The molecule has 43 heavy (non-hydrogen) atoms. The Hall–Kier alpha value is -2.65. The van der Waals surface area contributed by atoms with Gasteiger partial charge in [0.05, 0.1) is 44.6 Å². The first kappa shape index (κ1) is 30.4. The van der Waals surface area contributed by atoms with Gasteiger partial charge in [-0.25, -0.2) is 0 Å². The van der Waals surface area contributed by atoms with Crippen molar-refractivity contribution in [1.29, 1.82) is 0 Å². The van der Waals surface area contributed by atoms with Crippen molar-refractivity contribution in [2.24, 2.45) is 34.0 Å². The maximum Gasteiger partial charge on any atom is 0.306 e. The molecule has 5 aliphatic rings. The van der Waals surface area contributed by atoms with Crippen LogP contribution in [-0.2, 0) is 38.1 Å². The minimum atomic E-state index is -0.710. The molecule has 6 rings (SSSR count). The molecule has 0 aromatic carbocycles. The lowest BCUT2D eigenvalue weighted by Crippen LogP contribution is -2.71. The van der Waals surface area contributed by atoms with Crippen molar-refractivity contribution in [1.82, 2.24) is 0 Å². The number of hydrogen-bond donors (Lipinski definition) is 0. The lowest BCUT2D eigenvalue weighted by atomic mass is 9.40. The van der Waals surface area contributed by atoms with Crippen LogP contribution in [0.1, 0.15) is 85.6 Å². The molecule has 0 spiro atoms. The molecule has 1 aromatic rings. The van der Waals surface area contributed by atoms with Gasteiger partial charge in [0.15, 0.2) is 0 Å². The Morgan fingerprint density at radius 2 is 1.81 bits per heavy atom. The molecule has 11 atom stereocenters. The van der Waals surface area contributed by atoms with Gasteiger partial charge in [-0.3, -0.25) is 14.4 Å². The van der Waals surface area contributed by atoms with Crippen LogP contribution in [0.15, 0.2) is 34.2 Å². The molecule has 2 saturated heterocycles. The van der Waals surface area contributed by atoms with Gasteiger partial charge in [-0.15, -0.1) is 0 Å². The van der Waals surface area contributed by atoms with Crippen molar-refractivity contribution in [2.75, 3.05) is 13.7 Å². The van der Waals surface area contributed by atoms with Gasteiger partial charge >= 0.3 is 17.9 Å². The molecular formula is C34H46O9. The monoisotopic (exact) mass is 598 g/mol. The highest BCUT2D eigenvalue weighted by Gasteiger charge is 2.78. The first-order chi connectivity index (χ1) is 20.3. The molecule has 11 unspecified atom stereocenters. The molecule has 4 fully saturated rings. The van der Waals surface area contributed by atoms with E-state index in [-0.39, 0.29) is 72.7 Å². The smallest absolute Gasteiger partial charge is 0.306 e. The zero-order valence-corrected chi connectivity index (χ0v) is 26.6. The number of rotatable bonds is 7. The Bertz CT molecular complexity index is 1310. The maximum absolute atomic E-state index is 13.3. The Morgan fingerprint density at radius 3 is 2.44 bits per heavy atom. The summed E-state index contributed by atoms with van der Waals surface area (Å²) in [5, 5.41) is 0. The van der Waals surface area contributed by atoms with Crippen LogP contribution in [0.2, 0.25) is 0 Å². The third-order valence-corrected chi connectivity index (χ3v) is 11.8. The molecule has 0 N–H and O–H groups in total. The van der Waals surface area contributed by atoms with E-state index in [1.807, 2.05) is 19.9 Å². The van der Waals surface area contributed by atoms with Crippen LogP contribution in [0.4, 0.5) is 0 Å². The number of furan rings is 1. The molecule has 2 aliphatic heterocycles. The molecule has 9 nitrogen and oxygen atoms in total. The van der Waals surface area contributed by atoms with E-state index < -0.39 is 28.5 Å². The second-order valence-corrected chi connectivity index (χ2v) is 14.6. The number of allylic oxidation sites excluding steroid dienone is 1.